The highest BCUT2D eigenvalue weighted by molar-refractivity contribution is 6.33. The first kappa shape index (κ1) is 15.2. The molecule has 3 rings (SSSR count). The van der Waals surface area contributed by atoms with Crippen molar-refractivity contribution in [3.63, 3.8) is 0 Å². The van der Waals surface area contributed by atoms with Crippen LogP contribution >= 0.6 is 11.6 Å². The SMILES string of the molecule is COc1ccc(CNC2CCc3ccccc32)c(Cl)c1OC. The number of ether oxygens (including phenoxy) is 2. The van der Waals surface area contributed by atoms with Gasteiger partial charge in [-0.1, -0.05) is 41.9 Å². The van der Waals surface area contributed by atoms with E-state index < -0.39 is 0 Å². The Kier molecular flexibility index (Phi) is 4.55. The second-order valence-corrected chi connectivity index (χ2v) is 5.82. The number of benzene rings is 2. The van der Waals surface area contributed by atoms with Gasteiger partial charge in [0, 0.05) is 12.6 Å². The van der Waals surface area contributed by atoms with Gasteiger partial charge in [0.1, 0.15) is 0 Å². The highest BCUT2D eigenvalue weighted by atomic mass is 35.5. The summed E-state index contributed by atoms with van der Waals surface area (Å²) in [6, 6.07) is 12.9. The maximum Gasteiger partial charge on any atom is 0.179 e. The lowest BCUT2D eigenvalue weighted by atomic mass is 10.1. The first-order chi connectivity index (χ1) is 10.7. The monoisotopic (exact) mass is 317 g/mol. The van der Waals surface area contributed by atoms with Crippen LogP contribution in [0.1, 0.15) is 29.2 Å². The van der Waals surface area contributed by atoms with E-state index in [4.69, 9.17) is 21.1 Å². The van der Waals surface area contributed by atoms with Gasteiger partial charge in [0.05, 0.1) is 19.2 Å². The zero-order chi connectivity index (χ0) is 15.5. The Balaban J connectivity index is 1.75. The molecule has 0 amide bonds. The van der Waals surface area contributed by atoms with Gasteiger partial charge in [-0.3, -0.25) is 0 Å². The zero-order valence-corrected chi connectivity index (χ0v) is 13.6. The number of methoxy groups -OCH3 is 2. The molecule has 1 unspecified atom stereocenters. The molecule has 4 heteroatoms. The van der Waals surface area contributed by atoms with Crippen molar-refractivity contribution < 1.29 is 9.47 Å². The van der Waals surface area contributed by atoms with Gasteiger partial charge in [0.25, 0.3) is 0 Å². The summed E-state index contributed by atoms with van der Waals surface area (Å²) in [6.07, 6.45) is 2.26. The van der Waals surface area contributed by atoms with Crippen LogP contribution in [-0.2, 0) is 13.0 Å². The summed E-state index contributed by atoms with van der Waals surface area (Å²) in [6.45, 7) is 0.707. The van der Waals surface area contributed by atoms with E-state index in [1.54, 1.807) is 14.2 Å². The lowest BCUT2D eigenvalue weighted by molar-refractivity contribution is 0.354. The van der Waals surface area contributed by atoms with E-state index in [2.05, 4.69) is 29.6 Å². The number of hydrogen-bond acceptors (Lipinski definition) is 3. The van der Waals surface area contributed by atoms with Crippen LogP contribution in [0.4, 0.5) is 0 Å². The fourth-order valence-electron chi connectivity index (χ4n) is 3.07. The van der Waals surface area contributed by atoms with E-state index in [1.807, 2.05) is 12.1 Å². The van der Waals surface area contributed by atoms with E-state index in [-0.39, 0.29) is 0 Å². The van der Waals surface area contributed by atoms with Crippen molar-refractivity contribution in [2.75, 3.05) is 14.2 Å². The predicted octanol–water partition coefficient (Wildman–Crippen LogP) is 4.13. The largest absolute Gasteiger partial charge is 0.493 e. The summed E-state index contributed by atoms with van der Waals surface area (Å²) in [4.78, 5) is 0. The van der Waals surface area contributed by atoms with E-state index in [0.29, 0.717) is 29.1 Å². The van der Waals surface area contributed by atoms with Crippen LogP contribution in [0.5, 0.6) is 11.5 Å². The maximum absolute atomic E-state index is 6.43. The molecule has 2 aromatic rings. The van der Waals surface area contributed by atoms with Gasteiger partial charge in [-0.15, -0.1) is 0 Å². The van der Waals surface area contributed by atoms with Crippen LogP contribution in [0.2, 0.25) is 5.02 Å². The molecule has 1 N–H and O–H groups in total. The van der Waals surface area contributed by atoms with Crippen LogP contribution < -0.4 is 14.8 Å². The zero-order valence-electron chi connectivity index (χ0n) is 12.9. The third-order valence-corrected chi connectivity index (χ3v) is 4.65. The average molecular weight is 318 g/mol. The average Bonchev–Trinajstić information content (AvgIpc) is 2.96. The standard InChI is InChI=1S/C18H20ClNO2/c1-21-16-10-8-13(17(19)18(16)22-2)11-20-15-9-7-12-5-3-4-6-14(12)15/h3-6,8,10,15,20H,7,9,11H2,1-2H3. The molecule has 2 aromatic carbocycles. The summed E-state index contributed by atoms with van der Waals surface area (Å²) in [7, 11) is 3.22. The van der Waals surface area contributed by atoms with Crippen molar-refractivity contribution in [2.24, 2.45) is 0 Å². The minimum Gasteiger partial charge on any atom is -0.493 e. The van der Waals surface area contributed by atoms with Crippen molar-refractivity contribution in [1.29, 1.82) is 0 Å². The fourth-order valence-corrected chi connectivity index (χ4v) is 3.37. The number of halogens is 1. The minimum atomic E-state index is 0.389. The van der Waals surface area contributed by atoms with E-state index in [0.717, 1.165) is 18.4 Å². The van der Waals surface area contributed by atoms with Crippen LogP contribution in [0, 0.1) is 0 Å². The molecule has 3 nitrogen and oxygen atoms in total. The highest BCUT2D eigenvalue weighted by Gasteiger charge is 2.22. The molecule has 0 bridgehead atoms. The highest BCUT2D eigenvalue weighted by Crippen LogP contribution is 2.38. The molecule has 0 fully saturated rings. The predicted molar refractivity (Wildman–Crippen MR) is 88.9 cm³/mol. The number of aryl methyl sites for hydroxylation is 1. The Bertz CT molecular complexity index is 672. The van der Waals surface area contributed by atoms with Gasteiger partial charge in [-0.05, 0) is 35.6 Å². The molecule has 1 aliphatic rings. The summed E-state index contributed by atoms with van der Waals surface area (Å²) in [5.74, 6) is 1.25. The molecule has 116 valence electrons. The summed E-state index contributed by atoms with van der Waals surface area (Å²) < 4.78 is 10.6. The quantitative estimate of drug-likeness (QED) is 0.899. The lowest BCUT2D eigenvalue weighted by Crippen LogP contribution is -2.19. The van der Waals surface area contributed by atoms with Crippen LogP contribution in [0.15, 0.2) is 36.4 Å². The first-order valence-electron chi connectivity index (χ1n) is 7.45. The summed E-state index contributed by atoms with van der Waals surface area (Å²) >= 11 is 6.43. The minimum absolute atomic E-state index is 0.389. The van der Waals surface area contributed by atoms with Gasteiger partial charge in [-0.2, -0.15) is 0 Å². The third kappa shape index (κ3) is 2.79. The topological polar surface area (TPSA) is 30.5 Å². The Labute approximate surface area is 136 Å². The second-order valence-electron chi connectivity index (χ2n) is 5.45. The fraction of sp³-hybridized carbons (Fsp3) is 0.333. The van der Waals surface area contributed by atoms with Gasteiger partial charge in [0.2, 0.25) is 0 Å². The van der Waals surface area contributed by atoms with E-state index in [9.17, 15) is 0 Å². The Morgan fingerprint density at radius 2 is 1.95 bits per heavy atom. The molecule has 0 heterocycles. The van der Waals surface area contributed by atoms with Crippen molar-refractivity contribution >= 4 is 11.6 Å². The van der Waals surface area contributed by atoms with Crippen molar-refractivity contribution in [3.05, 3.63) is 58.1 Å². The molecule has 1 atom stereocenters. The number of hydrogen-bond donors (Lipinski definition) is 1. The molecule has 1 aliphatic carbocycles. The Morgan fingerprint density at radius 3 is 2.73 bits per heavy atom. The van der Waals surface area contributed by atoms with Gasteiger partial charge in [-0.25, -0.2) is 0 Å². The molecule has 0 aromatic heterocycles. The number of fused-ring (bicyclic) bond motifs is 1. The van der Waals surface area contributed by atoms with Gasteiger partial charge in [0.15, 0.2) is 11.5 Å². The molecule has 0 saturated carbocycles. The van der Waals surface area contributed by atoms with Crippen LogP contribution in [-0.4, -0.2) is 14.2 Å². The second kappa shape index (κ2) is 6.59. The maximum atomic E-state index is 6.43. The first-order valence-corrected chi connectivity index (χ1v) is 7.83. The summed E-state index contributed by atoms with van der Waals surface area (Å²) in [5.41, 5.74) is 3.86. The molecule has 22 heavy (non-hydrogen) atoms. The van der Waals surface area contributed by atoms with Crippen molar-refractivity contribution in [2.45, 2.75) is 25.4 Å². The van der Waals surface area contributed by atoms with Crippen molar-refractivity contribution in [1.82, 2.24) is 5.32 Å². The third-order valence-electron chi connectivity index (χ3n) is 4.24. The normalized spacial score (nSPS) is 16.4. The van der Waals surface area contributed by atoms with Crippen LogP contribution in [0.25, 0.3) is 0 Å². The molecule has 0 aliphatic heterocycles. The van der Waals surface area contributed by atoms with Crippen LogP contribution in [0.3, 0.4) is 0 Å². The molecule has 0 saturated heterocycles. The molecule has 0 spiro atoms. The number of rotatable bonds is 5. The molecular weight excluding hydrogens is 298 g/mol. The summed E-state index contributed by atoms with van der Waals surface area (Å²) in [5, 5.41) is 4.21. The Hall–Kier alpha value is -1.71. The van der Waals surface area contributed by atoms with E-state index >= 15 is 0 Å². The van der Waals surface area contributed by atoms with Crippen molar-refractivity contribution in [3.8, 4) is 11.5 Å². The van der Waals surface area contributed by atoms with Gasteiger partial charge >= 0.3 is 0 Å². The van der Waals surface area contributed by atoms with Gasteiger partial charge < -0.3 is 14.8 Å². The smallest absolute Gasteiger partial charge is 0.179 e. The molecule has 0 radical (unpaired) electrons. The molecular formula is C18H20ClNO2. The number of nitrogens with one attached hydrogen (secondary N) is 1. The lowest BCUT2D eigenvalue weighted by Gasteiger charge is -2.17. The van der Waals surface area contributed by atoms with E-state index in [1.165, 1.54) is 11.1 Å². The Morgan fingerprint density at radius 1 is 1.14 bits per heavy atom.